The van der Waals surface area contributed by atoms with E-state index in [9.17, 15) is 14.2 Å². The first-order valence-electron chi connectivity index (χ1n) is 10.1. The third-order valence-corrected chi connectivity index (χ3v) is 8.11. The molecular formula is C24H19Cl4O4P. The molecule has 0 saturated heterocycles. The van der Waals surface area contributed by atoms with Gasteiger partial charge in [0.1, 0.15) is 5.75 Å². The summed E-state index contributed by atoms with van der Waals surface area (Å²) in [6, 6.07) is 15.3. The van der Waals surface area contributed by atoms with E-state index in [0.29, 0.717) is 0 Å². The molecule has 0 aliphatic heterocycles. The molecule has 0 fully saturated rings. The zero-order chi connectivity index (χ0) is 24.2. The second-order valence-electron chi connectivity index (χ2n) is 7.19. The second kappa shape index (κ2) is 11.1. The molecule has 0 spiro atoms. The Bertz CT molecular complexity index is 1130. The van der Waals surface area contributed by atoms with Crippen LogP contribution in [0.5, 0.6) is 5.75 Å². The van der Waals surface area contributed by atoms with Crippen molar-refractivity contribution >= 4 is 64.8 Å². The third-order valence-electron chi connectivity index (χ3n) is 4.86. The van der Waals surface area contributed by atoms with Crippen LogP contribution in [0.1, 0.15) is 46.0 Å². The van der Waals surface area contributed by atoms with Gasteiger partial charge in [-0.05, 0) is 54.8 Å². The summed E-state index contributed by atoms with van der Waals surface area (Å²) in [6.07, 6.45) is 2.90. The molecule has 3 aromatic carbocycles. The lowest BCUT2D eigenvalue weighted by Crippen LogP contribution is -2.17. The highest BCUT2D eigenvalue weighted by Crippen LogP contribution is 2.56. The third kappa shape index (κ3) is 5.65. The number of unbranched alkanes of at least 4 members (excludes halogenated alkanes) is 1. The zero-order valence-electron chi connectivity index (χ0n) is 17.5. The lowest BCUT2D eigenvalue weighted by atomic mass is 10.1. The van der Waals surface area contributed by atoms with E-state index in [-0.39, 0.29) is 37.0 Å². The number of rotatable bonds is 9. The van der Waals surface area contributed by atoms with Crippen LogP contribution < -0.4 is 4.52 Å². The molecule has 0 heterocycles. The molecule has 0 unspecified atom stereocenters. The molecule has 9 heteroatoms. The van der Waals surface area contributed by atoms with Gasteiger partial charge in [0.05, 0.1) is 31.2 Å². The van der Waals surface area contributed by atoms with Crippen LogP contribution in [0.25, 0.3) is 0 Å². The van der Waals surface area contributed by atoms with E-state index in [4.69, 9.17) is 50.9 Å². The summed E-state index contributed by atoms with van der Waals surface area (Å²) >= 11 is 24.7. The van der Waals surface area contributed by atoms with Crippen LogP contribution >= 0.6 is 53.8 Å². The topological polar surface area (TPSA) is 60.4 Å². The van der Waals surface area contributed by atoms with Gasteiger partial charge in [0.2, 0.25) is 0 Å². The minimum absolute atomic E-state index is 0.0655. The van der Waals surface area contributed by atoms with Crippen LogP contribution in [-0.4, -0.2) is 11.0 Å². The zero-order valence-corrected chi connectivity index (χ0v) is 21.4. The molecule has 0 saturated carbocycles. The molecule has 33 heavy (non-hydrogen) atoms. The van der Waals surface area contributed by atoms with E-state index in [1.54, 1.807) is 24.3 Å². The van der Waals surface area contributed by atoms with Crippen molar-refractivity contribution in [3.8, 4) is 5.75 Å². The highest BCUT2D eigenvalue weighted by Gasteiger charge is 2.47. The van der Waals surface area contributed by atoms with Crippen molar-refractivity contribution in [3.63, 3.8) is 0 Å². The van der Waals surface area contributed by atoms with E-state index in [0.717, 1.165) is 24.8 Å². The molecule has 3 aromatic rings. The lowest BCUT2D eigenvalue weighted by molar-refractivity contribution is 0.101. The summed E-state index contributed by atoms with van der Waals surface area (Å²) in [4.78, 5) is 27.0. The number of benzene rings is 3. The summed E-state index contributed by atoms with van der Waals surface area (Å²) in [6.45, 7) is 2.09. The molecule has 0 radical (unpaired) electrons. The minimum Gasteiger partial charge on any atom is -0.433 e. The van der Waals surface area contributed by atoms with Crippen molar-refractivity contribution in [1.29, 1.82) is 0 Å². The average molecular weight is 544 g/mol. The van der Waals surface area contributed by atoms with E-state index in [1.807, 2.05) is 0 Å². The van der Waals surface area contributed by atoms with E-state index < -0.39 is 18.4 Å². The summed E-state index contributed by atoms with van der Waals surface area (Å²) < 4.78 is 19.7. The SMILES string of the molecule is CCCCc1ccc(OP(=O)(C(=O)c2c(Cl)cccc2Cl)C(=O)c2c(Cl)cccc2Cl)cc1. The lowest BCUT2D eigenvalue weighted by Gasteiger charge is -2.19. The molecule has 0 aliphatic carbocycles. The number of carbonyl (C=O) groups excluding carboxylic acids is 2. The van der Waals surface area contributed by atoms with Crippen molar-refractivity contribution in [3.05, 3.63) is 97.4 Å². The van der Waals surface area contributed by atoms with Crippen LogP contribution in [-0.2, 0) is 11.0 Å². The maximum Gasteiger partial charge on any atom is 0.386 e. The molecule has 0 bridgehead atoms. The molecule has 172 valence electrons. The van der Waals surface area contributed by atoms with Gasteiger partial charge in [-0.1, -0.05) is 84.0 Å². The summed E-state index contributed by atoms with van der Waals surface area (Å²) in [5.74, 6) is 0.0756. The quantitative estimate of drug-likeness (QED) is 0.253. The first-order valence-corrected chi connectivity index (χ1v) is 13.2. The smallest absolute Gasteiger partial charge is 0.386 e. The fourth-order valence-corrected chi connectivity index (χ4v) is 6.36. The predicted octanol–water partition coefficient (Wildman–Crippen LogP) is 8.98. The van der Waals surface area contributed by atoms with Gasteiger partial charge in [0, 0.05) is 0 Å². The normalized spacial score (nSPS) is 11.3. The minimum atomic E-state index is -4.83. The van der Waals surface area contributed by atoms with Crippen molar-refractivity contribution in [2.45, 2.75) is 26.2 Å². The molecule has 0 atom stereocenters. The van der Waals surface area contributed by atoms with Crippen molar-refractivity contribution in [2.24, 2.45) is 0 Å². The Morgan fingerprint density at radius 1 is 0.758 bits per heavy atom. The van der Waals surface area contributed by atoms with Crippen molar-refractivity contribution in [2.75, 3.05) is 0 Å². The van der Waals surface area contributed by atoms with Crippen molar-refractivity contribution in [1.82, 2.24) is 0 Å². The van der Waals surface area contributed by atoms with Gasteiger partial charge in [0.25, 0.3) is 11.0 Å². The van der Waals surface area contributed by atoms with Gasteiger partial charge in [-0.3, -0.25) is 14.2 Å². The Kier molecular flexibility index (Phi) is 8.66. The molecule has 3 rings (SSSR count). The van der Waals surface area contributed by atoms with Gasteiger partial charge < -0.3 is 4.52 Å². The summed E-state index contributed by atoms with van der Waals surface area (Å²) in [5, 5.41) is -0.262. The fraction of sp³-hybridized carbons (Fsp3) is 0.167. The Labute approximate surface area is 212 Å². The molecule has 0 aromatic heterocycles. The standard InChI is InChI=1S/C24H19Cl4O4P/c1-2-3-6-15-11-13-16(14-12-15)32-33(31,23(29)21-17(25)7-4-8-18(21)26)24(30)22-19(27)9-5-10-20(22)28/h4-5,7-14H,2-3,6H2,1H3. The first-order chi connectivity index (χ1) is 15.7. The largest absolute Gasteiger partial charge is 0.433 e. The summed E-state index contributed by atoms with van der Waals surface area (Å²) in [7, 11) is -4.83. The Balaban J connectivity index is 2.11. The van der Waals surface area contributed by atoms with Gasteiger partial charge in [-0.2, -0.15) is 0 Å². The number of hydrogen-bond donors (Lipinski definition) is 0. The molecule has 0 aliphatic rings. The van der Waals surface area contributed by atoms with Crippen molar-refractivity contribution < 1.29 is 18.7 Å². The Morgan fingerprint density at radius 2 is 1.18 bits per heavy atom. The van der Waals surface area contributed by atoms with Gasteiger partial charge in [-0.25, -0.2) is 0 Å². The average Bonchev–Trinajstić information content (AvgIpc) is 2.78. The van der Waals surface area contributed by atoms with Crippen LogP contribution in [0.4, 0.5) is 0 Å². The van der Waals surface area contributed by atoms with Gasteiger partial charge in [0.15, 0.2) is 0 Å². The maximum absolute atomic E-state index is 14.1. The Morgan fingerprint density at radius 3 is 1.58 bits per heavy atom. The van der Waals surface area contributed by atoms with Gasteiger partial charge in [-0.15, -0.1) is 0 Å². The first kappa shape index (κ1) is 25.8. The van der Waals surface area contributed by atoms with Crippen LogP contribution in [0.15, 0.2) is 60.7 Å². The highest BCUT2D eigenvalue weighted by atomic mass is 35.5. The van der Waals surface area contributed by atoms with Crippen LogP contribution in [0.2, 0.25) is 20.1 Å². The van der Waals surface area contributed by atoms with Crippen LogP contribution in [0, 0.1) is 0 Å². The summed E-state index contributed by atoms with van der Waals surface area (Å²) in [5.41, 5.74) is -1.80. The number of aryl methyl sites for hydroxylation is 1. The predicted molar refractivity (Wildman–Crippen MR) is 135 cm³/mol. The molecular weight excluding hydrogens is 525 g/mol. The Hall–Kier alpha value is -1.81. The second-order valence-corrected chi connectivity index (χ2v) is 10.9. The van der Waals surface area contributed by atoms with E-state index in [1.165, 1.54) is 36.4 Å². The van der Waals surface area contributed by atoms with Gasteiger partial charge >= 0.3 is 7.37 Å². The number of halogens is 4. The molecule has 0 amide bonds. The monoisotopic (exact) mass is 542 g/mol. The highest BCUT2D eigenvalue weighted by molar-refractivity contribution is 7.92. The maximum atomic E-state index is 14.1. The van der Waals surface area contributed by atoms with E-state index in [2.05, 4.69) is 6.92 Å². The number of hydrogen-bond acceptors (Lipinski definition) is 4. The molecule has 4 nitrogen and oxygen atoms in total. The van der Waals surface area contributed by atoms with Crippen LogP contribution in [0.3, 0.4) is 0 Å². The fourth-order valence-electron chi connectivity index (χ4n) is 3.12. The number of carbonyl (C=O) groups is 2. The van der Waals surface area contributed by atoms with E-state index >= 15 is 0 Å². The molecule has 0 N–H and O–H groups in total.